The fourth-order valence-electron chi connectivity index (χ4n) is 5.87. The number of nitrogens with one attached hydrogen (secondary N) is 1. The van der Waals surface area contributed by atoms with Crippen LogP contribution in [0.4, 0.5) is 10.5 Å². The van der Waals surface area contributed by atoms with Gasteiger partial charge in [-0.3, -0.25) is 24.4 Å². The Kier molecular flexibility index (Phi) is 7.26. The fraction of sp³-hybridized carbons (Fsp3) is 0.607. The van der Waals surface area contributed by atoms with E-state index in [1.807, 2.05) is 49.5 Å². The predicted molar refractivity (Wildman–Crippen MR) is 145 cm³/mol. The number of carbonyl (C=O) groups is 4. The summed E-state index contributed by atoms with van der Waals surface area (Å²) in [6.45, 7) is 9.05. The maximum absolute atomic E-state index is 13.3. The second-order valence-corrected chi connectivity index (χ2v) is 11.7. The van der Waals surface area contributed by atoms with Crippen LogP contribution in [0.3, 0.4) is 0 Å². The lowest BCUT2D eigenvalue weighted by Crippen LogP contribution is -2.53. The summed E-state index contributed by atoms with van der Waals surface area (Å²) in [6, 6.07) is 6.03. The standard InChI is InChI=1S/C28H38N6O5/c1-28(2,3)39-27(38)34-16-14-33(15-17-34)26(37)18-10-12-32(13-11-18)21-7-5-6-19-23(30-31(4)24(19)21)20-8-9-22(35)29-25(20)36/h5-7,18,20H,8-17H2,1-4H3,(H,29,35,36). The zero-order chi connectivity index (χ0) is 27.9. The van der Waals surface area contributed by atoms with Gasteiger partial charge in [-0.1, -0.05) is 12.1 Å². The van der Waals surface area contributed by atoms with Gasteiger partial charge >= 0.3 is 6.09 Å². The lowest BCUT2D eigenvalue weighted by molar-refractivity contribution is -0.138. The molecule has 4 heterocycles. The molecule has 0 saturated carbocycles. The summed E-state index contributed by atoms with van der Waals surface area (Å²) in [5, 5.41) is 8.07. The number of benzene rings is 1. The van der Waals surface area contributed by atoms with Crippen LogP contribution in [0, 0.1) is 5.92 Å². The van der Waals surface area contributed by atoms with Crippen molar-refractivity contribution >= 4 is 40.4 Å². The van der Waals surface area contributed by atoms with E-state index in [4.69, 9.17) is 9.84 Å². The second kappa shape index (κ2) is 10.5. The van der Waals surface area contributed by atoms with Crippen molar-refractivity contribution < 1.29 is 23.9 Å². The van der Waals surface area contributed by atoms with E-state index >= 15 is 0 Å². The zero-order valence-electron chi connectivity index (χ0n) is 23.2. The molecule has 3 aliphatic rings. The minimum atomic E-state index is -0.537. The van der Waals surface area contributed by atoms with Crippen molar-refractivity contribution in [2.75, 3.05) is 44.2 Å². The second-order valence-electron chi connectivity index (χ2n) is 11.7. The van der Waals surface area contributed by atoms with Gasteiger partial charge in [0, 0.05) is 64.0 Å². The molecule has 1 aromatic carbocycles. The highest BCUT2D eigenvalue weighted by Crippen LogP contribution is 2.36. The number of fused-ring (bicyclic) bond motifs is 1. The van der Waals surface area contributed by atoms with Crippen molar-refractivity contribution in [2.24, 2.45) is 13.0 Å². The van der Waals surface area contributed by atoms with Crippen LogP contribution in [0.2, 0.25) is 0 Å². The van der Waals surface area contributed by atoms with Gasteiger partial charge in [0.1, 0.15) is 5.60 Å². The van der Waals surface area contributed by atoms with E-state index < -0.39 is 11.5 Å². The van der Waals surface area contributed by atoms with Crippen LogP contribution in [0.25, 0.3) is 10.9 Å². The first-order valence-electron chi connectivity index (χ1n) is 13.8. The summed E-state index contributed by atoms with van der Waals surface area (Å²) in [5.41, 5.74) is 2.16. The Labute approximate surface area is 228 Å². The van der Waals surface area contributed by atoms with Crippen LogP contribution in [-0.2, 0) is 26.2 Å². The monoisotopic (exact) mass is 538 g/mol. The summed E-state index contributed by atoms with van der Waals surface area (Å²) in [7, 11) is 1.88. The number of carbonyl (C=O) groups excluding carboxylic acids is 4. The van der Waals surface area contributed by atoms with Crippen LogP contribution >= 0.6 is 0 Å². The van der Waals surface area contributed by atoms with E-state index in [0.29, 0.717) is 44.7 Å². The van der Waals surface area contributed by atoms with Gasteiger partial charge < -0.3 is 19.4 Å². The molecular formula is C28H38N6O5. The molecule has 1 N–H and O–H groups in total. The molecule has 2 aromatic rings. The molecule has 3 fully saturated rings. The van der Waals surface area contributed by atoms with Crippen molar-refractivity contribution in [3.63, 3.8) is 0 Å². The number of para-hydroxylation sites is 1. The van der Waals surface area contributed by atoms with Crippen molar-refractivity contribution in [2.45, 2.75) is 58.0 Å². The molecule has 1 atom stereocenters. The van der Waals surface area contributed by atoms with Crippen molar-refractivity contribution in [1.29, 1.82) is 0 Å². The number of nitrogens with zero attached hydrogens (tertiary/aromatic N) is 5. The summed E-state index contributed by atoms with van der Waals surface area (Å²) in [5.74, 6) is -0.848. The lowest BCUT2D eigenvalue weighted by Gasteiger charge is -2.39. The van der Waals surface area contributed by atoms with Crippen LogP contribution in [0.15, 0.2) is 18.2 Å². The average molecular weight is 539 g/mol. The topological polar surface area (TPSA) is 117 Å². The summed E-state index contributed by atoms with van der Waals surface area (Å²) >= 11 is 0. The Morgan fingerprint density at radius 1 is 0.974 bits per heavy atom. The molecule has 0 bridgehead atoms. The summed E-state index contributed by atoms with van der Waals surface area (Å²) in [4.78, 5) is 55.7. The smallest absolute Gasteiger partial charge is 0.410 e. The van der Waals surface area contributed by atoms with Crippen molar-refractivity contribution in [3.05, 3.63) is 23.9 Å². The van der Waals surface area contributed by atoms with Gasteiger partial charge in [0.05, 0.1) is 22.8 Å². The Morgan fingerprint density at radius 3 is 2.28 bits per heavy atom. The third-order valence-corrected chi connectivity index (χ3v) is 7.87. The van der Waals surface area contributed by atoms with Gasteiger partial charge in [-0.05, 0) is 46.1 Å². The number of anilines is 1. The van der Waals surface area contributed by atoms with Gasteiger partial charge in [-0.2, -0.15) is 5.10 Å². The SMILES string of the molecule is Cn1nc(C2CCC(=O)NC2=O)c2cccc(N3CCC(C(=O)N4CCN(C(=O)OC(C)(C)C)CC4)CC3)c21. The number of aryl methyl sites for hydroxylation is 1. The normalized spacial score (nSPS) is 21.3. The van der Waals surface area contributed by atoms with Gasteiger partial charge in [0.25, 0.3) is 0 Å². The number of hydrogen-bond donors (Lipinski definition) is 1. The van der Waals surface area contributed by atoms with Gasteiger partial charge in [0.15, 0.2) is 0 Å². The van der Waals surface area contributed by atoms with Crippen LogP contribution in [0.1, 0.15) is 58.1 Å². The molecule has 3 aliphatic heterocycles. The molecule has 4 amide bonds. The van der Waals surface area contributed by atoms with Crippen LogP contribution in [0.5, 0.6) is 0 Å². The van der Waals surface area contributed by atoms with Crippen LogP contribution < -0.4 is 10.2 Å². The quantitative estimate of drug-likeness (QED) is 0.597. The number of piperidine rings is 2. The molecule has 1 aromatic heterocycles. The molecule has 1 unspecified atom stereocenters. The molecular weight excluding hydrogens is 500 g/mol. The molecule has 0 aliphatic carbocycles. The van der Waals surface area contributed by atoms with Gasteiger partial charge in [-0.15, -0.1) is 0 Å². The third-order valence-electron chi connectivity index (χ3n) is 7.87. The fourth-order valence-corrected chi connectivity index (χ4v) is 5.87. The molecule has 5 rings (SSSR count). The van der Waals surface area contributed by atoms with Crippen molar-refractivity contribution in [3.8, 4) is 0 Å². The highest BCUT2D eigenvalue weighted by Gasteiger charge is 2.35. The maximum atomic E-state index is 13.3. The van der Waals surface area contributed by atoms with Crippen LogP contribution in [-0.4, -0.2) is 88.3 Å². The first-order valence-corrected chi connectivity index (χ1v) is 13.8. The first-order chi connectivity index (χ1) is 18.5. The number of amides is 4. The molecule has 39 heavy (non-hydrogen) atoms. The predicted octanol–water partition coefficient (Wildman–Crippen LogP) is 2.39. The number of aromatic nitrogens is 2. The molecule has 11 nitrogen and oxygen atoms in total. The van der Waals surface area contributed by atoms with E-state index in [1.165, 1.54) is 0 Å². The van der Waals surface area contributed by atoms with Crippen molar-refractivity contribution in [1.82, 2.24) is 24.9 Å². The van der Waals surface area contributed by atoms with E-state index in [9.17, 15) is 19.2 Å². The minimum absolute atomic E-state index is 0.0425. The first kappa shape index (κ1) is 27.0. The Bertz CT molecular complexity index is 1280. The maximum Gasteiger partial charge on any atom is 0.410 e. The molecule has 0 spiro atoms. The van der Waals surface area contributed by atoms with E-state index in [-0.39, 0.29) is 29.7 Å². The molecule has 0 radical (unpaired) electrons. The number of rotatable bonds is 3. The number of imide groups is 1. The summed E-state index contributed by atoms with van der Waals surface area (Å²) < 4.78 is 7.29. The number of piperazine rings is 1. The third kappa shape index (κ3) is 5.58. The summed E-state index contributed by atoms with van der Waals surface area (Å²) in [6.07, 6.45) is 1.94. The molecule has 3 saturated heterocycles. The Hall–Kier alpha value is -3.63. The minimum Gasteiger partial charge on any atom is -0.444 e. The zero-order valence-corrected chi connectivity index (χ0v) is 23.2. The largest absolute Gasteiger partial charge is 0.444 e. The van der Waals surface area contributed by atoms with E-state index in [2.05, 4.69) is 16.3 Å². The van der Waals surface area contributed by atoms with E-state index in [1.54, 1.807) is 4.90 Å². The highest BCUT2D eigenvalue weighted by molar-refractivity contribution is 6.03. The Balaban J connectivity index is 1.22. The van der Waals surface area contributed by atoms with E-state index in [0.717, 1.165) is 42.5 Å². The highest BCUT2D eigenvalue weighted by atomic mass is 16.6. The number of hydrogen-bond acceptors (Lipinski definition) is 7. The van der Waals surface area contributed by atoms with Gasteiger partial charge in [-0.25, -0.2) is 4.79 Å². The molecule has 11 heteroatoms. The average Bonchev–Trinajstić information content (AvgIpc) is 3.24. The lowest BCUT2D eigenvalue weighted by atomic mass is 9.92. The number of ether oxygens (including phenoxy) is 1. The molecule has 210 valence electrons. The van der Waals surface area contributed by atoms with Gasteiger partial charge in [0.2, 0.25) is 17.7 Å². The Morgan fingerprint density at radius 2 is 1.64 bits per heavy atom.